The standard InChI is InChI=1S/C14H23N3S/c1-2-15-11-7-6-8-12-13(11)16-14(18-12)17-9-4-3-5-10-17/h11,15H,2-10H2,1H3. The molecular weight excluding hydrogens is 242 g/mol. The summed E-state index contributed by atoms with van der Waals surface area (Å²) in [7, 11) is 0. The third-order valence-electron chi connectivity index (χ3n) is 4.02. The zero-order chi connectivity index (χ0) is 12.4. The lowest BCUT2D eigenvalue weighted by molar-refractivity contribution is 0.465. The molecule has 18 heavy (non-hydrogen) atoms. The number of piperidine rings is 1. The smallest absolute Gasteiger partial charge is 0.185 e. The lowest BCUT2D eigenvalue weighted by atomic mass is 9.98. The normalized spacial score (nSPS) is 24.1. The monoisotopic (exact) mass is 265 g/mol. The lowest BCUT2D eigenvalue weighted by Gasteiger charge is -2.26. The van der Waals surface area contributed by atoms with Crippen molar-refractivity contribution in [3.63, 3.8) is 0 Å². The lowest BCUT2D eigenvalue weighted by Crippen LogP contribution is -2.29. The zero-order valence-corrected chi connectivity index (χ0v) is 12.1. The number of hydrogen-bond donors (Lipinski definition) is 1. The van der Waals surface area contributed by atoms with Gasteiger partial charge in [0.2, 0.25) is 0 Å². The summed E-state index contributed by atoms with van der Waals surface area (Å²) in [5, 5.41) is 4.86. The number of nitrogens with zero attached hydrogens (tertiary/aromatic N) is 2. The molecule has 1 saturated heterocycles. The molecule has 1 fully saturated rings. The van der Waals surface area contributed by atoms with Crippen molar-refractivity contribution in [3.05, 3.63) is 10.6 Å². The molecule has 0 radical (unpaired) electrons. The number of fused-ring (bicyclic) bond motifs is 1. The van der Waals surface area contributed by atoms with Gasteiger partial charge in [0.05, 0.1) is 11.7 Å². The molecule has 0 amide bonds. The maximum Gasteiger partial charge on any atom is 0.185 e. The quantitative estimate of drug-likeness (QED) is 0.910. The number of hydrogen-bond acceptors (Lipinski definition) is 4. The second kappa shape index (κ2) is 5.57. The van der Waals surface area contributed by atoms with E-state index >= 15 is 0 Å². The number of rotatable bonds is 3. The average molecular weight is 265 g/mol. The molecule has 0 spiro atoms. The summed E-state index contributed by atoms with van der Waals surface area (Å²) < 4.78 is 0. The van der Waals surface area contributed by atoms with Crippen molar-refractivity contribution in [2.24, 2.45) is 0 Å². The van der Waals surface area contributed by atoms with Crippen LogP contribution in [0.3, 0.4) is 0 Å². The SMILES string of the molecule is CCNC1CCCc2sc(N3CCCCC3)nc21. The highest BCUT2D eigenvalue weighted by molar-refractivity contribution is 7.15. The van der Waals surface area contributed by atoms with Crippen molar-refractivity contribution in [1.82, 2.24) is 10.3 Å². The van der Waals surface area contributed by atoms with E-state index < -0.39 is 0 Å². The van der Waals surface area contributed by atoms with Crippen molar-refractivity contribution in [3.8, 4) is 0 Å². The van der Waals surface area contributed by atoms with Crippen LogP contribution < -0.4 is 10.2 Å². The highest BCUT2D eigenvalue weighted by Gasteiger charge is 2.25. The fraction of sp³-hybridized carbons (Fsp3) is 0.786. The molecule has 0 aromatic carbocycles. The van der Waals surface area contributed by atoms with Gasteiger partial charge in [-0.05, 0) is 45.1 Å². The number of thiazole rings is 1. The molecular formula is C14H23N3S. The largest absolute Gasteiger partial charge is 0.348 e. The molecule has 1 atom stereocenters. The Hall–Kier alpha value is -0.610. The van der Waals surface area contributed by atoms with Crippen LogP contribution >= 0.6 is 11.3 Å². The molecule has 3 nitrogen and oxygen atoms in total. The van der Waals surface area contributed by atoms with E-state index in [0.29, 0.717) is 6.04 Å². The van der Waals surface area contributed by atoms with Gasteiger partial charge in [0.1, 0.15) is 0 Å². The van der Waals surface area contributed by atoms with E-state index in [4.69, 9.17) is 4.98 Å². The predicted molar refractivity (Wildman–Crippen MR) is 77.5 cm³/mol. The molecule has 1 N–H and O–H groups in total. The minimum absolute atomic E-state index is 0.508. The third-order valence-corrected chi connectivity index (χ3v) is 5.21. The first-order valence-electron chi connectivity index (χ1n) is 7.36. The van der Waals surface area contributed by atoms with E-state index in [-0.39, 0.29) is 0 Å². The van der Waals surface area contributed by atoms with Gasteiger partial charge in [-0.1, -0.05) is 6.92 Å². The van der Waals surface area contributed by atoms with Crippen LogP contribution in [0.2, 0.25) is 0 Å². The van der Waals surface area contributed by atoms with Crippen molar-refractivity contribution in [2.45, 2.75) is 51.5 Å². The van der Waals surface area contributed by atoms with E-state index in [9.17, 15) is 0 Å². The summed E-state index contributed by atoms with van der Waals surface area (Å²) in [6.45, 7) is 5.64. The van der Waals surface area contributed by atoms with Crippen LogP contribution in [0.15, 0.2) is 0 Å². The van der Waals surface area contributed by atoms with Gasteiger partial charge >= 0.3 is 0 Å². The van der Waals surface area contributed by atoms with Crippen molar-refractivity contribution >= 4 is 16.5 Å². The molecule has 1 aliphatic heterocycles. The number of aryl methyl sites for hydroxylation is 1. The summed E-state index contributed by atoms with van der Waals surface area (Å²) in [5.74, 6) is 0. The van der Waals surface area contributed by atoms with Crippen LogP contribution in [-0.2, 0) is 6.42 Å². The molecule has 2 aliphatic rings. The first-order valence-corrected chi connectivity index (χ1v) is 8.18. The molecule has 4 heteroatoms. The number of nitrogens with one attached hydrogen (secondary N) is 1. The molecule has 1 aliphatic carbocycles. The molecule has 100 valence electrons. The average Bonchev–Trinajstić information content (AvgIpc) is 2.85. The predicted octanol–water partition coefficient (Wildman–Crippen LogP) is 3.12. The Morgan fingerprint density at radius 1 is 1.28 bits per heavy atom. The summed E-state index contributed by atoms with van der Waals surface area (Å²) in [6.07, 6.45) is 7.86. The van der Waals surface area contributed by atoms with E-state index in [2.05, 4.69) is 17.1 Å². The van der Waals surface area contributed by atoms with Gasteiger partial charge in [0.25, 0.3) is 0 Å². The van der Waals surface area contributed by atoms with Crippen LogP contribution in [0.1, 0.15) is 55.6 Å². The minimum atomic E-state index is 0.508. The molecule has 2 heterocycles. The van der Waals surface area contributed by atoms with Crippen LogP contribution in [0, 0.1) is 0 Å². The maximum absolute atomic E-state index is 4.96. The molecule has 3 rings (SSSR count). The Kier molecular flexibility index (Phi) is 3.85. The molecule has 1 aromatic heterocycles. The van der Waals surface area contributed by atoms with Gasteiger partial charge in [0.15, 0.2) is 5.13 Å². The van der Waals surface area contributed by atoms with E-state index in [1.165, 1.54) is 67.3 Å². The van der Waals surface area contributed by atoms with Crippen LogP contribution in [-0.4, -0.2) is 24.6 Å². The van der Waals surface area contributed by atoms with Gasteiger partial charge in [-0.3, -0.25) is 0 Å². The Morgan fingerprint density at radius 3 is 2.89 bits per heavy atom. The highest BCUT2D eigenvalue weighted by Crippen LogP contribution is 2.37. The van der Waals surface area contributed by atoms with Crippen molar-refractivity contribution in [1.29, 1.82) is 0 Å². The molecule has 1 unspecified atom stereocenters. The number of aromatic nitrogens is 1. The first kappa shape index (κ1) is 12.4. The van der Waals surface area contributed by atoms with Crippen LogP contribution in [0.5, 0.6) is 0 Å². The van der Waals surface area contributed by atoms with Crippen LogP contribution in [0.4, 0.5) is 5.13 Å². The van der Waals surface area contributed by atoms with E-state index in [0.717, 1.165) is 6.54 Å². The van der Waals surface area contributed by atoms with Gasteiger partial charge in [-0.25, -0.2) is 4.98 Å². The van der Waals surface area contributed by atoms with Crippen molar-refractivity contribution in [2.75, 3.05) is 24.5 Å². The van der Waals surface area contributed by atoms with Gasteiger partial charge in [-0.15, -0.1) is 11.3 Å². The molecule has 0 saturated carbocycles. The summed E-state index contributed by atoms with van der Waals surface area (Å²) >= 11 is 1.95. The van der Waals surface area contributed by atoms with Crippen LogP contribution in [0.25, 0.3) is 0 Å². The van der Waals surface area contributed by atoms with E-state index in [1.807, 2.05) is 11.3 Å². The Morgan fingerprint density at radius 2 is 2.11 bits per heavy atom. The fourth-order valence-electron chi connectivity index (χ4n) is 3.07. The fourth-order valence-corrected chi connectivity index (χ4v) is 4.29. The second-order valence-electron chi connectivity index (χ2n) is 5.36. The Labute approximate surface area is 114 Å². The summed E-state index contributed by atoms with van der Waals surface area (Å²) in [5.41, 5.74) is 1.36. The Bertz CT molecular complexity index is 396. The number of anilines is 1. The highest BCUT2D eigenvalue weighted by atomic mass is 32.1. The topological polar surface area (TPSA) is 28.2 Å². The summed E-state index contributed by atoms with van der Waals surface area (Å²) in [4.78, 5) is 8.99. The second-order valence-corrected chi connectivity index (χ2v) is 6.42. The van der Waals surface area contributed by atoms with Gasteiger partial charge < -0.3 is 10.2 Å². The maximum atomic E-state index is 4.96. The minimum Gasteiger partial charge on any atom is -0.348 e. The van der Waals surface area contributed by atoms with E-state index in [1.54, 1.807) is 0 Å². The first-order chi connectivity index (χ1) is 8.88. The third kappa shape index (κ3) is 2.41. The van der Waals surface area contributed by atoms with Crippen molar-refractivity contribution < 1.29 is 0 Å². The molecule has 0 bridgehead atoms. The zero-order valence-electron chi connectivity index (χ0n) is 11.2. The van der Waals surface area contributed by atoms with Gasteiger partial charge in [-0.2, -0.15) is 0 Å². The summed E-state index contributed by atoms with van der Waals surface area (Å²) in [6, 6.07) is 0.508. The molecule has 1 aromatic rings. The van der Waals surface area contributed by atoms with Gasteiger partial charge in [0, 0.05) is 18.0 Å². The Balaban J connectivity index is 1.81.